The third-order valence-corrected chi connectivity index (χ3v) is 4.00. The number of anilines is 1. The highest BCUT2D eigenvalue weighted by atomic mass is 16.6. The van der Waals surface area contributed by atoms with Crippen LogP contribution in [-0.4, -0.2) is 35.2 Å². The maximum atomic E-state index is 12.2. The molecule has 2 aromatic rings. The lowest BCUT2D eigenvalue weighted by molar-refractivity contribution is -0.384. The van der Waals surface area contributed by atoms with Crippen molar-refractivity contribution in [2.45, 2.75) is 13.8 Å². The number of hydrogen-bond acceptors (Lipinski definition) is 4. The Morgan fingerprint density at radius 3 is 2.41 bits per heavy atom. The van der Waals surface area contributed by atoms with Crippen LogP contribution in [0.2, 0.25) is 0 Å². The number of likely N-dealkylation sites (N-methyl/N-ethyl adjacent to an activating group) is 1. The normalized spacial score (nSPS) is 10.6. The van der Waals surface area contributed by atoms with E-state index in [0.29, 0.717) is 5.56 Å². The van der Waals surface area contributed by atoms with E-state index < -0.39 is 4.92 Å². The predicted molar refractivity (Wildman–Crippen MR) is 104 cm³/mol. The van der Waals surface area contributed by atoms with E-state index in [4.69, 9.17) is 0 Å². The number of nitrogens with one attached hydrogen (secondary N) is 1. The van der Waals surface area contributed by atoms with Gasteiger partial charge in [-0.25, -0.2) is 0 Å². The molecule has 0 spiro atoms. The van der Waals surface area contributed by atoms with E-state index in [1.54, 1.807) is 12.1 Å². The van der Waals surface area contributed by atoms with Crippen LogP contribution >= 0.6 is 0 Å². The van der Waals surface area contributed by atoms with E-state index >= 15 is 0 Å². The second-order valence-corrected chi connectivity index (χ2v) is 6.19. The van der Waals surface area contributed by atoms with Crippen LogP contribution in [0, 0.1) is 24.0 Å². The molecule has 27 heavy (non-hydrogen) atoms. The zero-order chi connectivity index (χ0) is 20.0. The van der Waals surface area contributed by atoms with Crippen LogP contribution in [0.25, 0.3) is 6.08 Å². The molecule has 7 heteroatoms. The third kappa shape index (κ3) is 5.50. The minimum atomic E-state index is -0.497. The van der Waals surface area contributed by atoms with Gasteiger partial charge in [0, 0.05) is 30.9 Å². The van der Waals surface area contributed by atoms with E-state index in [1.165, 1.54) is 36.2 Å². The lowest BCUT2D eigenvalue weighted by atomic mass is 10.1. The van der Waals surface area contributed by atoms with Gasteiger partial charge in [0.1, 0.15) is 0 Å². The van der Waals surface area contributed by atoms with Crippen LogP contribution in [0.15, 0.2) is 48.5 Å². The summed E-state index contributed by atoms with van der Waals surface area (Å²) in [6.07, 6.45) is 2.76. The number of aryl methyl sites for hydroxylation is 2. The molecule has 0 aromatic heterocycles. The molecule has 2 amide bonds. The Morgan fingerprint density at radius 2 is 1.78 bits per heavy atom. The molecule has 0 bridgehead atoms. The third-order valence-electron chi connectivity index (χ3n) is 4.00. The van der Waals surface area contributed by atoms with Gasteiger partial charge in [-0.3, -0.25) is 19.7 Å². The highest BCUT2D eigenvalue weighted by Crippen LogP contribution is 2.19. The first kappa shape index (κ1) is 19.8. The predicted octanol–water partition coefficient (Wildman–Crippen LogP) is 3.32. The number of hydrogen-bond donors (Lipinski definition) is 1. The Morgan fingerprint density at radius 1 is 1.15 bits per heavy atom. The van der Waals surface area contributed by atoms with Crippen molar-refractivity contribution < 1.29 is 14.5 Å². The topological polar surface area (TPSA) is 92.6 Å². The number of nitro benzene ring substituents is 1. The van der Waals surface area contributed by atoms with Gasteiger partial charge in [0.2, 0.25) is 11.8 Å². The molecule has 0 heterocycles. The fourth-order valence-corrected chi connectivity index (χ4v) is 2.52. The molecule has 2 aromatic carbocycles. The first-order valence-electron chi connectivity index (χ1n) is 8.31. The summed E-state index contributed by atoms with van der Waals surface area (Å²) < 4.78 is 0. The summed E-state index contributed by atoms with van der Waals surface area (Å²) in [5.74, 6) is -0.676. The van der Waals surface area contributed by atoms with Crippen LogP contribution in [0.4, 0.5) is 11.4 Å². The summed E-state index contributed by atoms with van der Waals surface area (Å²) in [4.78, 5) is 36.0. The Labute approximate surface area is 157 Å². The number of non-ortho nitro benzene ring substituents is 1. The Bertz CT molecular complexity index is 886. The van der Waals surface area contributed by atoms with Crippen molar-refractivity contribution in [2.24, 2.45) is 0 Å². The summed E-state index contributed by atoms with van der Waals surface area (Å²) in [6, 6.07) is 11.7. The molecule has 140 valence electrons. The highest BCUT2D eigenvalue weighted by Gasteiger charge is 2.13. The van der Waals surface area contributed by atoms with Gasteiger partial charge in [0.15, 0.2) is 0 Å². The first-order chi connectivity index (χ1) is 12.8. The number of nitrogens with zero attached hydrogens (tertiary/aromatic N) is 2. The maximum absolute atomic E-state index is 12.2. The van der Waals surface area contributed by atoms with Crippen LogP contribution in [0.5, 0.6) is 0 Å². The molecule has 0 fully saturated rings. The second-order valence-electron chi connectivity index (χ2n) is 6.19. The van der Waals surface area contributed by atoms with Gasteiger partial charge in [-0.1, -0.05) is 30.3 Å². The minimum Gasteiger partial charge on any atom is -0.333 e. The Balaban J connectivity index is 1.98. The summed E-state index contributed by atoms with van der Waals surface area (Å²) in [5, 5.41) is 13.6. The SMILES string of the molecule is Cc1cccc(C)c1NC(=O)CN(C)C(=O)/C=C/c1cccc([N+](=O)[O-])c1. The fraction of sp³-hybridized carbons (Fsp3) is 0.200. The van der Waals surface area contributed by atoms with E-state index in [9.17, 15) is 19.7 Å². The van der Waals surface area contributed by atoms with Crippen molar-refractivity contribution in [1.29, 1.82) is 0 Å². The molecule has 0 unspecified atom stereocenters. The van der Waals surface area contributed by atoms with Gasteiger partial charge in [-0.05, 0) is 36.6 Å². The number of para-hydroxylation sites is 1. The molecular formula is C20H21N3O4. The van der Waals surface area contributed by atoms with Gasteiger partial charge in [0.25, 0.3) is 5.69 Å². The van der Waals surface area contributed by atoms with E-state index in [1.807, 2.05) is 32.0 Å². The van der Waals surface area contributed by atoms with E-state index in [-0.39, 0.29) is 24.0 Å². The molecule has 0 saturated carbocycles. The van der Waals surface area contributed by atoms with Crippen LogP contribution in [0.3, 0.4) is 0 Å². The molecule has 0 aliphatic rings. The smallest absolute Gasteiger partial charge is 0.270 e. The summed E-state index contributed by atoms with van der Waals surface area (Å²) in [5.41, 5.74) is 3.12. The monoisotopic (exact) mass is 367 g/mol. The minimum absolute atomic E-state index is 0.0501. The lowest BCUT2D eigenvalue weighted by Crippen LogP contribution is -2.34. The highest BCUT2D eigenvalue weighted by molar-refractivity contribution is 5.98. The summed E-state index contributed by atoms with van der Waals surface area (Å²) in [7, 11) is 1.52. The number of rotatable bonds is 6. The maximum Gasteiger partial charge on any atom is 0.270 e. The van der Waals surface area contributed by atoms with Crippen molar-refractivity contribution in [3.8, 4) is 0 Å². The second kappa shape index (κ2) is 8.75. The molecule has 2 rings (SSSR count). The van der Waals surface area contributed by atoms with Gasteiger partial charge < -0.3 is 10.2 Å². The lowest BCUT2D eigenvalue weighted by Gasteiger charge is -2.16. The molecule has 0 atom stereocenters. The van der Waals surface area contributed by atoms with Crippen molar-refractivity contribution in [1.82, 2.24) is 4.90 Å². The van der Waals surface area contributed by atoms with Crippen molar-refractivity contribution in [3.63, 3.8) is 0 Å². The number of amides is 2. The summed E-state index contributed by atoms with van der Waals surface area (Å²) in [6.45, 7) is 3.70. The first-order valence-corrected chi connectivity index (χ1v) is 8.31. The van der Waals surface area contributed by atoms with Gasteiger partial charge in [0.05, 0.1) is 11.5 Å². The Kier molecular flexibility index (Phi) is 6.43. The molecule has 0 aliphatic carbocycles. The van der Waals surface area contributed by atoms with E-state index in [0.717, 1.165) is 16.8 Å². The van der Waals surface area contributed by atoms with Gasteiger partial charge in [-0.15, -0.1) is 0 Å². The number of carbonyl (C=O) groups excluding carboxylic acids is 2. The molecule has 0 radical (unpaired) electrons. The van der Waals surface area contributed by atoms with Crippen LogP contribution < -0.4 is 5.32 Å². The number of carbonyl (C=O) groups is 2. The number of benzene rings is 2. The number of nitro groups is 1. The van der Waals surface area contributed by atoms with E-state index in [2.05, 4.69) is 5.32 Å². The van der Waals surface area contributed by atoms with Gasteiger partial charge >= 0.3 is 0 Å². The van der Waals surface area contributed by atoms with Crippen molar-refractivity contribution >= 4 is 29.3 Å². The van der Waals surface area contributed by atoms with Crippen LogP contribution in [-0.2, 0) is 9.59 Å². The standard InChI is InChI=1S/C20H21N3O4/c1-14-6-4-7-15(2)20(14)21-18(24)13-22(3)19(25)11-10-16-8-5-9-17(12-16)23(26)27/h4-12H,13H2,1-3H3,(H,21,24)/b11-10+. The average Bonchev–Trinajstić information content (AvgIpc) is 2.63. The zero-order valence-electron chi connectivity index (χ0n) is 15.4. The molecule has 0 saturated heterocycles. The van der Waals surface area contributed by atoms with Crippen LogP contribution in [0.1, 0.15) is 16.7 Å². The van der Waals surface area contributed by atoms with Crippen molar-refractivity contribution in [2.75, 3.05) is 18.9 Å². The molecular weight excluding hydrogens is 346 g/mol. The fourth-order valence-electron chi connectivity index (χ4n) is 2.52. The zero-order valence-corrected chi connectivity index (χ0v) is 15.4. The molecule has 1 N–H and O–H groups in total. The molecule has 7 nitrogen and oxygen atoms in total. The molecule has 0 aliphatic heterocycles. The summed E-state index contributed by atoms with van der Waals surface area (Å²) >= 11 is 0. The Hall–Kier alpha value is -3.48. The largest absolute Gasteiger partial charge is 0.333 e. The quantitative estimate of drug-likeness (QED) is 0.481. The van der Waals surface area contributed by atoms with Gasteiger partial charge in [-0.2, -0.15) is 0 Å². The average molecular weight is 367 g/mol. The van der Waals surface area contributed by atoms with Crippen molar-refractivity contribution in [3.05, 3.63) is 75.3 Å².